The number of nitrogens with one attached hydrogen (secondary N) is 2. The largest absolute Gasteiger partial charge is 0.573 e. The van der Waals surface area contributed by atoms with E-state index >= 15 is 0 Å². The van der Waals surface area contributed by atoms with Gasteiger partial charge in [0.05, 0.1) is 11.0 Å². The number of halogens is 5. The molecule has 0 saturated heterocycles. The molecule has 4 aromatic rings. The van der Waals surface area contributed by atoms with E-state index in [1.807, 2.05) is 6.07 Å². The summed E-state index contributed by atoms with van der Waals surface area (Å²) in [7, 11) is 0. The van der Waals surface area contributed by atoms with Crippen LogP contribution in [-0.2, 0) is 4.79 Å². The SMILES string of the molecule is CC1(C)CCCC(n2c(Nc3ccc(OC(F)(F)F)cc3)nc3cc(OCC(=O)Nc4ccc(OC(F)F)cc4)ccc32)C1. The summed E-state index contributed by atoms with van der Waals surface area (Å²) in [4.78, 5) is 17.2. The Balaban J connectivity index is 1.33. The van der Waals surface area contributed by atoms with Crippen molar-refractivity contribution in [3.8, 4) is 17.2 Å². The van der Waals surface area contributed by atoms with Gasteiger partial charge in [0.1, 0.15) is 17.2 Å². The maximum Gasteiger partial charge on any atom is 0.573 e. The zero-order valence-electron chi connectivity index (χ0n) is 24.0. The number of carbonyl (C=O) groups is 1. The van der Waals surface area contributed by atoms with Crippen molar-refractivity contribution >= 4 is 34.3 Å². The average molecular weight is 619 g/mol. The fraction of sp³-hybridized carbons (Fsp3) is 0.355. The lowest BCUT2D eigenvalue weighted by atomic mass is 9.75. The molecule has 5 rings (SSSR count). The molecule has 1 saturated carbocycles. The van der Waals surface area contributed by atoms with Gasteiger partial charge in [0.15, 0.2) is 6.61 Å². The molecule has 1 heterocycles. The fourth-order valence-electron chi connectivity index (χ4n) is 5.44. The van der Waals surface area contributed by atoms with Crippen LogP contribution in [0.4, 0.5) is 39.3 Å². The number of amides is 1. The first-order valence-electron chi connectivity index (χ1n) is 14.0. The molecule has 1 atom stereocenters. The Kier molecular flexibility index (Phi) is 8.84. The number of nitrogens with zero attached hydrogens (tertiary/aromatic N) is 2. The lowest BCUT2D eigenvalue weighted by molar-refractivity contribution is -0.274. The monoisotopic (exact) mass is 618 g/mol. The highest BCUT2D eigenvalue weighted by atomic mass is 19.4. The molecule has 234 valence electrons. The minimum absolute atomic E-state index is 0.0277. The van der Waals surface area contributed by atoms with Crippen molar-refractivity contribution in [1.82, 2.24) is 9.55 Å². The number of hydrogen-bond acceptors (Lipinski definition) is 6. The smallest absolute Gasteiger partial charge is 0.484 e. The van der Waals surface area contributed by atoms with Crippen LogP contribution in [0.5, 0.6) is 17.2 Å². The number of ether oxygens (including phenoxy) is 3. The summed E-state index contributed by atoms with van der Waals surface area (Å²) in [6.45, 7) is 1.21. The van der Waals surface area contributed by atoms with Crippen LogP contribution < -0.4 is 24.8 Å². The zero-order valence-corrected chi connectivity index (χ0v) is 24.0. The first kappa shape index (κ1) is 30.9. The third-order valence-corrected chi connectivity index (χ3v) is 7.28. The van der Waals surface area contributed by atoms with Crippen molar-refractivity contribution in [1.29, 1.82) is 0 Å². The third kappa shape index (κ3) is 8.08. The molecule has 1 aromatic heterocycles. The normalized spacial score (nSPS) is 16.5. The fourth-order valence-corrected chi connectivity index (χ4v) is 5.44. The maximum atomic E-state index is 12.6. The van der Waals surface area contributed by atoms with E-state index in [0.717, 1.165) is 31.2 Å². The molecule has 0 radical (unpaired) electrons. The van der Waals surface area contributed by atoms with E-state index < -0.39 is 18.9 Å². The highest BCUT2D eigenvalue weighted by Crippen LogP contribution is 2.44. The van der Waals surface area contributed by atoms with Crippen molar-refractivity contribution in [2.24, 2.45) is 5.41 Å². The van der Waals surface area contributed by atoms with Crippen LogP contribution in [0.2, 0.25) is 0 Å². The summed E-state index contributed by atoms with van der Waals surface area (Å²) in [5, 5.41) is 5.88. The van der Waals surface area contributed by atoms with E-state index in [1.54, 1.807) is 12.1 Å². The Morgan fingerprint density at radius 1 is 1.00 bits per heavy atom. The first-order chi connectivity index (χ1) is 20.8. The van der Waals surface area contributed by atoms with Crippen LogP contribution in [0.1, 0.15) is 45.6 Å². The lowest BCUT2D eigenvalue weighted by Crippen LogP contribution is -2.25. The molecule has 1 unspecified atom stereocenters. The van der Waals surface area contributed by atoms with E-state index in [1.165, 1.54) is 48.5 Å². The molecule has 44 heavy (non-hydrogen) atoms. The van der Waals surface area contributed by atoms with Crippen LogP contribution in [-0.4, -0.2) is 35.0 Å². The van der Waals surface area contributed by atoms with Crippen molar-refractivity contribution in [2.45, 2.75) is 58.5 Å². The minimum atomic E-state index is -4.78. The Morgan fingerprint density at radius 3 is 2.32 bits per heavy atom. The van der Waals surface area contributed by atoms with E-state index in [-0.39, 0.29) is 29.6 Å². The molecule has 1 amide bonds. The van der Waals surface area contributed by atoms with E-state index in [2.05, 4.69) is 38.5 Å². The Bertz CT molecular complexity index is 1590. The molecule has 8 nitrogen and oxygen atoms in total. The van der Waals surface area contributed by atoms with Gasteiger partial charge in [-0.25, -0.2) is 4.98 Å². The standard InChI is InChI=1S/C31H31F5N4O4/c1-30(2)15-3-4-21(17-30)40-26-14-13-24(42-18-27(41)37-19-5-9-22(10-6-19)43-28(32)33)16-25(26)39-29(40)38-20-7-11-23(12-8-20)44-31(34,35)36/h5-14,16,21,28H,3-4,15,17-18H2,1-2H3,(H,37,41)(H,38,39). The van der Waals surface area contributed by atoms with E-state index in [9.17, 15) is 26.7 Å². The van der Waals surface area contributed by atoms with Gasteiger partial charge in [-0.1, -0.05) is 20.3 Å². The number of alkyl halides is 5. The second-order valence-corrected chi connectivity index (χ2v) is 11.3. The summed E-state index contributed by atoms with van der Waals surface area (Å²) in [6.07, 6.45) is -0.781. The second-order valence-electron chi connectivity index (χ2n) is 11.3. The summed E-state index contributed by atoms with van der Waals surface area (Å²) >= 11 is 0. The van der Waals surface area contributed by atoms with Gasteiger partial charge in [-0.3, -0.25) is 4.79 Å². The van der Waals surface area contributed by atoms with Crippen LogP contribution in [0.15, 0.2) is 66.7 Å². The lowest BCUT2D eigenvalue weighted by Gasteiger charge is -2.36. The molecule has 1 aliphatic carbocycles. The maximum absolute atomic E-state index is 12.6. The van der Waals surface area contributed by atoms with Crippen LogP contribution in [0.3, 0.4) is 0 Å². The van der Waals surface area contributed by atoms with Gasteiger partial charge in [0.25, 0.3) is 5.91 Å². The Hall–Kier alpha value is -4.55. The van der Waals surface area contributed by atoms with Gasteiger partial charge in [-0.15, -0.1) is 13.2 Å². The van der Waals surface area contributed by atoms with Gasteiger partial charge in [-0.05, 0) is 85.3 Å². The molecule has 1 aliphatic rings. The van der Waals surface area contributed by atoms with Gasteiger partial charge < -0.3 is 29.4 Å². The molecular weight excluding hydrogens is 587 g/mol. The van der Waals surface area contributed by atoms with Crippen LogP contribution in [0, 0.1) is 5.41 Å². The van der Waals surface area contributed by atoms with Crippen LogP contribution >= 0.6 is 0 Å². The molecule has 3 aromatic carbocycles. The molecule has 0 bridgehead atoms. The van der Waals surface area contributed by atoms with Crippen LogP contribution in [0.25, 0.3) is 11.0 Å². The second kappa shape index (κ2) is 12.6. The topological polar surface area (TPSA) is 86.6 Å². The number of imidazole rings is 1. The molecular formula is C31H31F5N4O4. The number of fused-ring (bicyclic) bond motifs is 1. The molecule has 2 N–H and O–H groups in total. The summed E-state index contributed by atoms with van der Waals surface area (Å²) in [6, 6.07) is 16.4. The van der Waals surface area contributed by atoms with Gasteiger partial charge >= 0.3 is 13.0 Å². The highest BCUT2D eigenvalue weighted by Gasteiger charge is 2.32. The number of carbonyl (C=O) groups excluding carboxylic acids is 1. The van der Waals surface area contributed by atoms with Gasteiger partial charge in [0.2, 0.25) is 5.95 Å². The number of hydrogen-bond donors (Lipinski definition) is 2. The predicted octanol–water partition coefficient (Wildman–Crippen LogP) is 8.44. The molecule has 1 fully saturated rings. The van der Waals surface area contributed by atoms with Gasteiger partial charge in [0, 0.05) is 23.5 Å². The predicted molar refractivity (Wildman–Crippen MR) is 155 cm³/mol. The molecule has 13 heteroatoms. The number of rotatable bonds is 10. The number of aromatic nitrogens is 2. The Labute approximate surface area is 250 Å². The van der Waals surface area contributed by atoms with Crippen molar-refractivity contribution in [3.63, 3.8) is 0 Å². The number of anilines is 3. The van der Waals surface area contributed by atoms with E-state index in [4.69, 9.17) is 9.72 Å². The quantitative estimate of drug-likeness (QED) is 0.174. The summed E-state index contributed by atoms with van der Waals surface area (Å²) in [5.74, 6) is 0.126. The number of benzene rings is 3. The van der Waals surface area contributed by atoms with E-state index in [0.29, 0.717) is 28.6 Å². The van der Waals surface area contributed by atoms with Crippen molar-refractivity contribution in [2.75, 3.05) is 17.2 Å². The summed E-state index contributed by atoms with van der Waals surface area (Å²) < 4.78 is 78.6. The Morgan fingerprint density at radius 2 is 1.66 bits per heavy atom. The van der Waals surface area contributed by atoms with Gasteiger partial charge in [-0.2, -0.15) is 8.78 Å². The zero-order chi connectivity index (χ0) is 31.5. The average Bonchev–Trinajstić information content (AvgIpc) is 3.29. The van der Waals surface area contributed by atoms with Crippen molar-refractivity contribution in [3.05, 3.63) is 66.7 Å². The third-order valence-electron chi connectivity index (χ3n) is 7.28. The highest BCUT2D eigenvalue weighted by molar-refractivity contribution is 5.92. The molecule has 0 spiro atoms. The van der Waals surface area contributed by atoms with Crippen molar-refractivity contribution < 1.29 is 41.0 Å². The minimum Gasteiger partial charge on any atom is -0.484 e. The molecule has 0 aliphatic heterocycles. The first-order valence-corrected chi connectivity index (χ1v) is 14.0. The summed E-state index contributed by atoms with van der Waals surface area (Å²) in [5.41, 5.74) is 2.50.